The molecule has 2 aromatic rings. The second kappa shape index (κ2) is 6.89. The molecule has 2 aromatic carbocycles. The average Bonchev–Trinajstić information content (AvgIpc) is 3.34. The van der Waals surface area contributed by atoms with E-state index in [1.54, 1.807) is 36.4 Å². The van der Waals surface area contributed by atoms with Crippen LogP contribution in [-0.4, -0.2) is 35.1 Å². The average molecular weight is 351 g/mol. The Morgan fingerprint density at radius 2 is 1.78 bits per heavy atom. The Kier molecular flexibility index (Phi) is 4.87. The van der Waals surface area contributed by atoms with Gasteiger partial charge >= 0.3 is 0 Å². The van der Waals surface area contributed by atoms with Crippen LogP contribution in [0.4, 0.5) is 5.69 Å². The topological polar surface area (TPSA) is 52.3 Å². The lowest BCUT2D eigenvalue weighted by Gasteiger charge is -2.24. The number of rotatable bonds is 5. The second-order valence-electron chi connectivity index (χ2n) is 5.48. The number of aliphatic hydroxyl groups excluding tert-OH is 1. The summed E-state index contributed by atoms with van der Waals surface area (Å²) in [6.07, 6.45) is -1.18. The highest BCUT2D eigenvalue weighted by molar-refractivity contribution is 6.31. The first kappa shape index (κ1) is 16.3. The Labute approximate surface area is 144 Å². The molecule has 1 fully saturated rings. The molecule has 1 amide bonds. The van der Waals surface area contributed by atoms with Crippen molar-refractivity contribution < 1.29 is 9.90 Å². The number of amides is 1. The first-order valence-electron chi connectivity index (χ1n) is 7.28. The van der Waals surface area contributed by atoms with Crippen LogP contribution in [-0.2, 0) is 4.79 Å². The van der Waals surface area contributed by atoms with E-state index in [1.165, 1.54) is 0 Å². The van der Waals surface area contributed by atoms with Crippen LogP contribution in [0.3, 0.4) is 0 Å². The number of carbonyl (C=O) groups is 1. The molecule has 2 N–H and O–H groups in total. The molecule has 23 heavy (non-hydrogen) atoms. The molecule has 120 valence electrons. The third kappa shape index (κ3) is 4.03. The zero-order valence-electron chi connectivity index (χ0n) is 12.2. The lowest BCUT2D eigenvalue weighted by Crippen LogP contribution is -2.36. The fourth-order valence-corrected chi connectivity index (χ4v) is 2.83. The van der Waals surface area contributed by atoms with Gasteiger partial charge in [-0.3, -0.25) is 9.69 Å². The fourth-order valence-electron chi connectivity index (χ4n) is 2.51. The maximum Gasteiger partial charge on any atom is 0.255 e. The van der Waals surface area contributed by atoms with Crippen LogP contribution in [0, 0.1) is 0 Å². The molecule has 3 rings (SSSR count). The summed E-state index contributed by atoms with van der Waals surface area (Å²) in [5.41, 5.74) is 1.42. The van der Waals surface area contributed by atoms with Crippen LogP contribution in [0.2, 0.25) is 10.0 Å². The van der Waals surface area contributed by atoms with Crippen molar-refractivity contribution in [3.05, 3.63) is 64.1 Å². The molecule has 0 aromatic heterocycles. The Hall–Kier alpha value is -1.59. The number of benzene rings is 2. The SMILES string of the molecule is O=C(Nc1cccc(Cl)c1)C(O)C(c1ccc(Cl)cc1)N1CC1. The molecule has 1 heterocycles. The number of nitrogens with one attached hydrogen (secondary N) is 1. The van der Waals surface area contributed by atoms with Gasteiger partial charge in [-0.15, -0.1) is 0 Å². The van der Waals surface area contributed by atoms with E-state index in [9.17, 15) is 9.90 Å². The maximum atomic E-state index is 12.4. The van der Waals surface area contributed by atoms with Gasteiger partial charge in [0.2, 0.25) is 0 Å². The molecular weight excluding hydrogens is 335 g/mol. The highest BCUT2D eigenvalue weighted by atomic mass is 35.5. The number of hydrogen-bond donors (Lipinski definition) is 2. The molecule has 0 bridgehead atoms. The number of anilines is 1. The molecule has 4 nitrogen and oxygen atoms in total. The van der Waals surface area contributed by atoms with Crippen molar-refractivity contribution in [1.29, 1.82) is 0 Å². The number of nitrogens with zero attached hydrogens (tertiary/aromatic N) is 1. The summed E-state index contributed by atoms with van der Waals surface area (Å²) in [6, 6.07) is 13.6. The molecule has 1 aliphatic rings. The molecule has 0 saturated carbocycles. The summed E-state index contributed by atoms with van der Waals surface area (Å²) in [7, 11) is 0. The van der Waals surface area contributed by atoms with E-state index in [0.717, 1.165) is 18.7 Å². The summed E-state index contributed by atoms with van der Waals surface area (Å²) in [6.45, 7) is 1.71. The van der Waals surface area contributed by atoms with Crippen LogP contribution in [0.5, 0.6) is 0 Å². The lowest BCUT2D eigenvalue weighted by molar-refractivity contribution is -0.126. The second-order valence-corrected chi connectivity index (χ2v) is 6.35. The third-order valence-corrected chi connectivity index (χ3v) is 4.23. The quantitative estimate of drug-likeness (QED) is 0.813. The van der Waals surface area contributed by atoms with E-state index in [4.69, 9.17) is 23.2 Å². The summed E-state index contributed by atoms with van der Waals surface area (Å²) >= 11 is 11.8. The molecule has 2 atom stereocenters. The highest BCUT2D eigenvalue weighted by Gasteiger charge is 2.37. The Balaban J connectivity index is 1.76. The third-order valence-electron chi connectivity index (χ3n) is 3.75. The van der Waals surface area contributed by atoms with E-state index in [0.29, 0.717) is 15.7 Å². The fraction of sp³-hybridized carbons (Fsp3) is 0.235. The predicted octanol–water partition coefficient (Wildman–Crippen LogP) is 3.35. The number of halogens is 2. The smallest absolute Gasteiger partial charge is 0.255 e. The highest BCUT2D eigenvalue weighted by Crippen LogP contribution is 2.31. The summed E-state index contributed by atoms with van der Waals surface area (Å²) in [4.78, 5) is 14.4. The monoisotopic (exact) mass is 350 g/mol. The van der Waals surface area contributed by atoms with Gasteiger partial charge in [0.25, 0.3) is 5.91 Å². The Morgan fingerprint density at radius 1 is 1.09 bits per heavy atom. The molecule has 0 spiro atoms. The molecule has 6 heteroatoms. The molecule has 2 unspecified atom stereocenters. The number of hydrogen-bond acceptors (Lipinski definition) is 3. The van der Waals surface area contributed by atoms with Crippen LogP contribution >= 0.6 is 23.2 Å². The minimum Gasteiger partial charge on any atom is -0.381 e. The van der Waals surface area contributed by atoms with Crippen LogP contribution in [0.25, 0.3) is 0 Å². The van der Waals surface area contributed by atoms with Gasteiger partial charge in [0.05, 0.1) is 6.04 Å². The van der Waals surface area contributed by atoms with E-state index in [2.05, 4.69) is 5.32 Å². The normalized spacial score (nSPS) is 16.7. The van der Waals surface area contributed by atoms with Crippen molar-refractivity contribution in [1.82, 2.24) is 4.90 Å². The standard InChI is InChI=1S/C17H16Cl2N2O2/c18-12-6-4-11(5-7-12)15(21-8-9-21)16(22)17(23)20-14-3-1-2-13(19)10-14/h1-7,10,15-16,22H,8-9H2,(H,20,23). The van der Waals surface area contributed by atoms with E-state index >= 15 is 0 Å². The molecule has 1 aliphatic heterocycles. The summed E-state index contributed by atoms with van der Waals surface area (Å²) in [5.74, 6) is -0.459. The Morgan fingerprint density at radius 3 is 2.39 bits per heavy atom. The van der Waals surface area contributed by atoms with E-state index in [-0.39, 0.29) is 6.04 Å². The number of carbonyl (C=O) groups excluding carboxylic acids is 1. The molecular formula is C17H16Cl2N2O2. The largest absolute Gasteiger partial charge is 0.381 e. The van der Waals surface area contributed by atoms with Crippen molar-refractivity contribution in [2.45, 2.75) is 12.1 Å². The van der Waals surface area contributed by atoms with Crippen LogP contribution in [0.1, 0.15) is 11.6 Å². The van der Waals surface area contributed by atoms with Crippen LogP contribution < -0.4 is 5.32 Å². The minimum absolute atomic E-state index is 0.383. The number of aliphatic hydroxyl groups is 1. The van der Waals surface area contributed by atoms with Crippen LogP contribution in [0.15, 0.2) is 48.5 Å². The summed E-state index contributed by atoms with van der Waals surface area (Å²) in [5, 5.41) is 14.4. The van der Waals surface area contributed by atoms with Crippen molar-refractivity contribution in [2.75, 3.05) is 18.4 Å². The zero-order valence-corrected chi connectivity index (χ0v) is 13.8. The molecule has 0 aliphatic carbocycles. The zero-order chi connectivity index (χ0) is 16.4. The molecule has 1 saturated heterocycles. The van der Waals surface area contributed by atoms with Gasteiger partial charge in [-0.2, -0.15) is 0 Å². The van der Waals surface area contributed by atoms with Crippen molar-refractivity contribution in [3.63, 3.8) is 0 Å². The van der Waals surface area contributed by atoms with Crippen molar-refractivity contribution in [2.24, 2.45) is 0 Å². The maximum absolute atomic E-state index is 12.4. The van der Waals surface area contributed by atoms with E-state index in [1.807, 2.05) is 17.0 Å². The van der Waals surface area contributed by atoms with Crippen molar-refractivity contribution >= 4 is 34.8 Å². The van der Waals surface area contributed by atoms with E-state index < -0.39 is 12.0 Å². The van der Waals surface area contributed by atoms with Gasteiger partial charge in [-0.05, 0) is 35.9 Å². The summed E-state index contributed by atoms with van der Waals surface area (Å²) < 4.78 is 0. The van der Waals surface area contributed by atoms with Gasteiger partial charge in [0.15, 0.2) is 6.10 Å². The Bertz CT molecular complexity index is 702. The first-order valence-corrected chi connectivity index (χ1v) is 8.04. The predicted molar refractivity (Wildman–Crippen MR) is 91.9 cm³/mol. The van der Waals surface area contributed by atoms with Gasteiger partial charge in [0, 0.05) is 28.8 Å². The van der Waals surface area contributed by atoms with Gasteiger partial charge in [0.1, 0.15) is 0 Å². The lowest BCUT2D eigenvalue weighted by atomic mass is 10.0. The molecule has 0 radical (unpaired) electrons. The van der Waals surface area contributed by atoms with Crippen molar-refractivity contribution in [3.8, 4) is 0 Å². The minimum atomic E-state index is -1.18. The van der Waals surface area contributed by atoms with Gasteiger partial charge < -0.3 is 10.4 Å². The van der Waals surface area contributed by atoms with Gasteiger partial charge in [-0.1, -0.05) is 41.4 Å². The first-order chi connectivity index (χ1) is 11.0. The van der Waals surface area contributed by atoms with Gasteiger partial charge in [-0.25, -0.2) is 0 Å².